The van der Waals surface area contributed by atoms with Crippen molar-refractivity contribution in [3.63, 3.8) is 0 Å². The highest BCUT2D eigenvalue weighted by molar-refractivity contribution is 14.1. The maximum Gasteiger partial charge on any atom is 0.193 e. The molecule has 0 saturated heterocycles. The minimum absolute atomic E-state index is 0. The second kappa shape index (κ2) is 9.86. The zero-order valence-corrected chi connectivity index (χ0v) is 20.0. The van der Waals surface area contributed by atoms with E-state index in [4.69, 9.17) is 20.8 Å². The van der Waals surface area contributed by atoms with Gasteiger partial charge < -0.3 is 9.16 Å². The standard InChI is InChI=1S/C16H24ClIO2Si.HI/c1-16(2,3)21(4,5)20-15(9-10-18)12-19-14-8-6-7-13(17)11-14;/h6-11,15H,12H2,1-5H3;1H/b10-9+;. The Morgan fingerprint density at radius 3 is 2.45 bits per heavy atom. The van der Waals surface area contributed by atoms with Gasteiger partial charge in [-0.2, -0.15) is 0 Å². The zero-order chi connectivity index (χ0) is 16.1. The van der Waals surface area contributed by atoms with Crippen LogP contribution in [0.2, 0.25) is 23.2 Å². The summed E-state index contributed by atoms with van der Waals surface area (Å²) in [6, 6.07) is 7.44. The van der Waals surface area contributed by atoms with Gasteiger partial charge >= 0.3 is 0 Å². The molecule has 1 unspecified atom stereocenters. The van der Waals surface area contributed by atoms with Gasteiger partial charge in [-0.15, -0.1) is 24.0 Å². The van der Waals surface area contributed by atoms with E-state index in [9.17, 15) is 0 Å². The Morgan fingerprint density at radius 1 is 1.32 bits per heavy atom. The lowest BCUT2D eigenvalue weighted by atomic mass is 10.2. The second-order valence-corrected chi connectivity index (χ2v) is 12.4. The fraction of sp³-hybridized carbons (Fsp3) is 0.500. The number of benzene rings is 1. The molecule has 0 aliphatic carbocycles. The monoisotopic (exact) mass is 566 g/mol. The van der Waals surface area contributed by atoms with Crippen LogP contribution in [0.1, 0.15) is 20.8 Å². The first-order valence-corrected chi connectivity index (χ1v) is 11.5. The van der Waals surface area contributed by atoms with Gasteiger partial charge in [0.2, 0.25) is 0 Å². The average Bonchev–Trinajstić information content (AvgIpc) is 2.34. The molecule has 0 bridgehead atoms. The van der Waals surface area contributed by atoms with Crippen molar-refractivity contribution in [3.8, 4) is 5.75 Å². The van der Waals surface area contributed by atoms with Gasteiger partial charge in [0.05, 0.1) is 6.10 Å². The van der Waals surface area contributed by atoms with Crippen LogP contribution < -0.4 is 4.74 Å². The summed E-state index contributed by atoms with van der Waals surface area (Å²) < 4.78 is 14.2. The highest BCUT2D eigenvalue weighted by atomic mass is 127. The fourth-order valence-corrected chi connectivity index (χ4v) is 3.40. The molecule has 1 atom stereocenters. The van der Waals surface area contributed by atoms with Crippen molar-refractivity contribution < 1.29 is 9.16 Å². The third kappa shape index (κ3) is 7.50. The quantitative estimate of drug-likeness (QED) is 0.283. The predicted molar refractivity (Wildman–Crippen MR) is 118 cm³/mol. The normalized spacial score (nSPS) is 13.8. The minimum Gasteiger partial charge on any atom is -0.491 e. The van der Waals surface area contributed by atoms with E-state index in [0.29, 0.717) is 11.6 Å². The first kappa shape index (κ1) is 22.7. The zero-order valence-electron chi connectivity index (χ0n) is 13.7. The van der Waals surface area contributed by atoms with E-state index in [1.165, 1.54) is 0 Å². The van der Waals surface area contributed by atoms with Crippen LogP contribution in [0, 0.1) is 0 Å². The van der Waals surface area contributed by atoms with Gasteiger partial charge in [0.1, 0.15) is 12.4 Å². The molecule has 0 aliphatic rings. The molecule has 0 radical (unpaired) electrons. The van der Waals surface area contributed by atoms with E-state index in [1.807, 2.05) is 34.4 Å². The van der Waals surface area contributed by atoms with Crippen molar-refractivity contribution in [2.24, 2.45) is 0 Å². The van der Waals surface area contributed by atoms with Crippen molar-refractivity contribution >= 4 is 66.5 Å². The van der Waals surface area contributed by atoms with Crippen LogP contribution in [0.5, 0.6) is 5.75 Å². The lowest BCUT2D eigenvalue weighted by molar-refractivity contribution is 0.150. The van der Waals surface area contributed by atoms with Crippen LogP contribution in [0.25, 0.3) is 0 Å². The van der Waals surface area contributed by atoms with Crippen LogP contribution in [-0.4, -0.2) is 21.0 Å². The Labute approximate surface area is 171 Å². The highest BCUT2D eigenvalue weighted by Gasteiger charge is 2.38. The molecule has 0 amide bonds. The summed E-state index contributed by atoms with van der Waals surface area (Å²) in [5.74, 6) is 0.771. The molecular weight excluding hydrogens is 542 g/mol. The molecule has 6 heteroatoms. The van der Waals surface area contributed by atoms with Crippen LogP contribution in [0.3, 0.4) is 0 Å². The lowest BCUT2D eigenvalue weighted by Gasteiger charge is -2.38. The summed E-state index contributed by atoms with van der Waals surface area (Å²) in [5, 5.41) is 0.860. The summed E-state index contributed by atoms with van der Waals surface area (Å²) in [6.07, 6.45) is 2.01. The number of ether oxygens (including phenoxy) is 1. The Morgan fingerprint density at radius 2 is 1.95 bits per heavy atom. The van der Waals surface area contributed by atoms with Gasteiger partial charge in [0.15, 0.2) is 8.32 Å². The molecule has 1 aromatic carbocycles. The molecule has 1 aromatic rings. The van der Waals surface area contributed by atoms with Crippen molar-refractivity contribution in [2.45, 2.75) is 45.0 Å². The molecule has 0 aromatic heterocycles. The van der Waals surface area contributed by atoms with Crippen LogP contribution in [0.15, 0.2) is 34.4 Å². The first-order valence-electron chi connectivity index (χ1n) is 6.99. The lowest BCUT2D eigenvalue weighted by Crippen LogP contribution is -2.44. The van der Waals surface area contributed by atoms with Gasteiger partial charge in [-0.3, -0.25) is 0 Å². The van der Waals surface area contributed by atoms with E-state index in [1.54, 1.807) is 0 Å². The van der Waals surface area contributed by atoms with Gasteiger partial charge in [-0.05, 0) is 46.5 Å². The molecule has 0 aliphatic heterocycles. The molecule has 126 valence electrons. The topological polar surface area (TPSA) is 18.5 Å². The molecule has 1 rings (SSSR count). The van der Waals surface area contributed by atoms with Crippen molar-refractivity contribution in [3.05, 3.63) is 39.4 Å². The number of hydrogen-bond donors (Lipinski definition) is 0. The summed E-state index contributed by atoms with van der Waals surface area (Å²) in [7, 11) is -1.81. The van der Waals surface area contributed by atoms with Gasteiger partial charge in [0.25, 0.3) is 0 Å². The molecule has 0 spiro atoms. The van der Waals surface area contributed by atoms with E-state index in [-0.39, 0.29) is 35.1 Å². The smallest absolute Gasteiger partial charge is 0.193 e. The Balaban J connectivity index is 0.00000441. The van der Waals surface area contributed by atoms with E-state index in [0.717, 1.165) is 5.75 Å². The summed E-state index contributed by atoms with van der Waals surface area (Å²) in [5.41, 5.74) is 0. The van der Waals surface area contributed by atoms with Gasteiger partial charge in [-0.25, -0.2) is 0 Å². The van der Waals surface area contributed by atoms with Gasteiger partial charge in [0, 0.05) is 5.02 Å². The molecule has 0 heterocycles. The van der Waals surface area contributed by atoms with Crippen molar-refractivity contribution in [1.29, 1.82) is 0 Å². The largest absolute Gasteiger partial charge is 0.491 e. The molecule has 0 saturated carbocycles. The fourth-order valence-electron chi connectivity index (χ4n) is 1.50. The van der Waals surface area contributed by atoms with E-state index in [2.05, 4.69) is 56.5 Å². The Kier molecular flexibility index (Phi) is 10.2. The van der Waals surface area contributed by atoms with Crippen molar-refractivity contribution in [2.75, 3.05) is 6.61 Å². The first-order chi connectivity index (χ1) is 9.65. The third-order valence-electron chi connectivity index (χ3n) is 3.75. The number of rotatable bonds is 6. The van der Waals surface area contributed by atoms with Crippen molar-refractivity contribution in [1.82, 2.24) is 0 Å². The molecule has 2 nitrogen and oxygen atoms in total. The number of halogens is 3. The highest BCUT2D eigenvalue weighted by Crippen LogP contribution is 2.37. The maximum atomic E-state index is 6.38. The van der Waals surface area contributed by atoms with Crippen LogP contribution >= 0.6 is 58.2 Å². The summed E-state index contributed by atoms with van der Waals surface area (Å²) >= 11 is 8.18. The Bertz CT molecular complexity index is 487. The Hall–Kier alpha value is 0.687. The molecule has 0 N–H and O–H groups in total. The SMILES string of the molecule is CC(C)(C)[Si](C)(C)OC(/C=C/I)COc1cccc(Cl)c1.I. The predicted octanol–water partition coefficient (Wildman–Crippen LogP) is 6.68. The molecular formula is C16H25ClI2O2Si. The maximum absolute atomic E-state index is 6.38. The third-order valence-corrected chi connectivity index (χ3v) is 8.90. The van der Waals surface area contributed by atoms with E-state index < -0.39 is 8.32 Å². The van der Waals surface area contributed by atoms with Crippen LogP contribution in [-0.2, 0) is 4.43 Å². The summed E-state index contributed by atoms with van der Waals surface area (Å²) in [4.78, 5) is 0. The minimum atomic E-state index is -1.81. The molecule has 22 heavy (non-hydrogen) atoms. The second-order valence-electron chi connectivity index (χ2n) is 6.50. The van der Waals surface area contributed by atoms with Gasteiger partial charge in [-0.1, -0.05) is 61.0 Å². The molecule has 0 fully saturated rings. The average molecular weight is 567 g/mol. The number of hydrogen-bond acceptors (Lipinski definition) is 2. The van der Waals surface area contributed by atoms with Crippen LogP contribution in [0.4, 0.5) is 0 Å². The summed E-state index contributed by atoms with van der Waals surface area (Å²) in [6.45, 7) is 11.7. The van der Waals surface area contributed by atoms with E-state index >= 15 is 0 Å².